The maximum atomic E-state index is 10.9. The molecule has 206 valence electrons. The van der Waals surface area contributed by atoms with Crippen LogP contribution in [0.1, 0.15) is 28.4 Å². The fraction of sp³-hybridized carbons (Fsp3) is 0.250. The van der Waals surface area contributed by atoms with E-state index in [1.54, 1.807) is 14.2 Å². The van der Waals surface area contributed by atoms with Crippen LogP contribution in [-0.4, -0.2) is 32.4 Å². The number of nitrogens with one attached hydrogen (secondary N) is 1. The molecule has 0 saturated carbocycles. The standard InChI is InChI=1S/C32H35NO5.ClH/c1-35-29-15-13-24(19-31(29)36-2)17-18-33-21-28(34)27-14-16-30(37-22-25-9-5-3-6-10-25)32(20-27)38-23-26-11-7-4-8-12-26;/h3-16,19-20,28,33-34H,17-18,21-23H2,1-2H3;1H. The maximum absolute atomic E-state index is 10.9. The highest BCUT2D eigenvalue weighted by Gasteiger charge is 2.14. The molecule has 6 nitrogen and oxygen atoms in total. The Bertz CT molecular complexity index is 1270. The van der Waals surface area contributed by atoms with Gasteiger partial charge in [-0.3, -0.25) is 0 Å². The zero-order valence-electron chi connectivity index (χ0n) is 22.3. The van der Waals surface area contributed by atoms with Crippen molar-refractivity contribution in [3.05, 3.63) is 119 Å². The van der Waals surface area contributed by atoms with Crippen molar-refractivity contribution >= 4 is 12.4 Å². The lowest BCUT2D eigenvalue weighted by molar-refractivity contribution is 0.174. The van der Waals surface area contributed by atoms with E-state index in [0.717, 1.165) is 28.7 Å². The smallest absolute Gasteiger partial charge is 0.162 e. The summed E-state index contributed by atoms with van der Waals surface area (Å²) in [5.74, 6) is 2.66. The molecule has 0 radical (unpaired) electrons. The number of ether oxygens (including phenoxy) is 4. The SMILES string of the molecule is COc1ccc(CCNCC(O)c2ccc(OCc3ccccc3)c(OCc3ccccc3)c2)cc1OC.Cl. The van der Waals surface area contributed by atoms with E-state index < -0.39 is 6.10 Å². The lowest BCUT2D eigenvalue weighted by Crippen LogP contribution is -2.23. The van der Waals surface area contributed by atoms with Gasteiger partial charge in [0.25, 0.3) is 0 Å². The largest absolute Gasteiger partial charge is 0.493 e. The second-order valence-electron chi connectivity index (χ2n) is 8.91. The van der Waals surface area contributed by atoms with E-state index in [2.05, 4.69) is 5.32 Å². The van der Waals surface area contributed by atoms with Crippen LogP contribution in [0.3, 0.4) is 0 Å². The van der Waals surface area contributed by atoms with Gasteiger partial charge < -0.3 is 29.4 Å². The topological polar surface area (TPSA) is 69.2 Å². The average Bonchev–Trinajstić information content (AvgIpc) is 2.98. The molecule has 1 unspecified atom stereocenters. The second-order valence-corrected chi connectivity index (χ2v) is 8.91. The van der Waals surface area contributed by atoms with Gasteiger partial charge in [0.05, 0.1) is 20.3 Å². The molecule has 0 bridgehead atoms. The molecule has 0 aliphatic carbocycles. The van der Waals surface area contributed by atoms with Gasteiger partial charge in [0.2, 0.25) is 0 Å². The minimum Gasteiger partial charge on any atom is -0.493 e. The first-order valence-corrected chi connectivity index (χ1v) is 12.7. The quantitative estimate of drug-likeness (QED) is 0.184. The van der Waals surface area contributed by atoms with Crippen LogP contribution in [-0.2, 0) is 19.6 Å². The monoisotopic (exact) mass is 549 g/mol. The minimum absolute atomic E-state index is 0. The van der Waals surface area contributed by atoms with E-state index in [1.807, 2.05) is 97.1 Å². The van der Waals surface area contributed by atoms with Gasteiger partial charge in [-0.25, -0.2) is 0 Å². The zero-order chi connectivity index (χ0) is 26.6. The number of methoxy groups -OCH3 is 2. The van der Waals surface area contributed by atoms with E-state index in [0.29, 0.717) is 49.3 Å². The molecule has 0 aromatic heterocycles. The Morgan fingerprint density at radius 3 is 1.85 bits per heavy atom. The Kier molecular flexibility index (Phi) is 12.0. The molecule has 0 saturated heterocycles. The number of aliphatic hydroxyl groups excluding tert-OH is 1. The summed E-state index contributed by atoms with van der Waals surface area (Å²) in [6, 6.07) is 31.5. The summed E-state index contributed by atoms with van der Waals surface area (Å²) in [5.41, 5.74) is 4.02. The number of aliphatic hydroxyl groups is 1. The zero-order valence-corrected chi connectivity index (χ0v) is 23.2. The highest BCUT2D eigenvalue weighted by molar-refractivity contribution is 5.85. The number of benzene rings is 4. The van der Waals surface area contributed by atoms with E-state index in [4.69, 9.17) is 18.9 Å². The molecule has 0 aliphatic rings. The lowest BCUT2D eigenvalue weighted by Gasteiger charge is -2.17. The first-order valence-electron chi connectivity index (χ1n) is 12.7. The summed E-state index contributed by atoms with van der Waals surface area (Å²) in [5, 5.41) is 14.2. The Hall–Kier alpha value is -3.71. The van der Waals surface area contributed by atoms with Crippen molar-refractivity contribution in [3.8, 4) is 23.0 Å². The molecule has 4 rings (SSSR count). The Morgan fingerprint density at radius 2 is 1.23 bits per heavy atom. The Labute approximate surface area is 236 Å². The van der Waals surface area contributed by atoms with Crippen molar-refractivity contribution in [2.75, 3.05) is 27.3 Å². The van der Waals surface area contributed by atoms with Gasteiger partial charge >= 0.3 is 0 Å². The Balaban J connectivity index is 0.00000420. The van der Waals surface area contributed by atoms with E-state index in [-0.39, 0.29) is 12.4 Å². The summed E-state index contributed by atoms with van der Waals surface area (Å²) < 4.78 is 22.9. The summed E-state index contributed by atoms with van der Waals surface area (Å²) in [4.78, 5) is 0. The summed E-state index contributed by atoms with van der Waals surface area (Å²) in [7, 11) is 3.26. The molecular formula is C32H36ClNO5. The lowest BCUT2D eigenvalue weighted by atomic mass is 10.1. The van der Waals surface area contributed by atoms with Crippen LogP contribution in [0.15, 0.2) is 97.1 Å². The average molecular weight is 550 g/mol. The highest BCUT2D eigenvalue weighted by Crippen LogP contribution is 2.32. The fourth-order valence-corrected chi connectivity index (χ4v) is 4.06. The molecule has 0 spiro atoms. The van der Waals surface area contributed by atoms with Crippen molar-refractivity contribution < 1.29 is 24.1 Å². The molecule has 0 fully saturated rings. The van der Waals surface area contributed by atoms with E-state index in [1.165, 1.54) is 0 Å². The van der Waals surface area contributed by atoms with Gasteiger partial charge in [-0.05, 0) is 59.5 Å². The molecule has 4 aromatic rings. The summed E-state index contributed by atoms with van der Waals surface area (Å²) >= 11 is 0. The van der Waals surface area contributed by atoms with Crippen LogP contribution in [0.4, 0.5) is 0 Å². The van der Waals surface area contributed by atoms with Crippen LogP contribution < -0.4 is 24.3 Å². The molecule has 0 heterocycles. The molecular weight excluding hydrogens is 514 g/mol. The predicted octanol–water partition coefficient (Wildman–Crippen LogP) is 6.15. The van der Waals surface area contributed by atoms with Gasteiger partial charge in [0.1, 0.15) is 13.2 Å². The van der Waals surface area contributed by atoms with Crippen molar-refractivity contribution in [2.24, 2.45) is 0 Å². The van der Waals surface area contributed by atoms with Crippen LogP contribution >= 0.6 is 12.4 Å². The molecule has 7 heteroatoms. The third-order valence-electron chi connectivity index (χ3n) is 6.20. The molecule has 39 heavy (non-hydrogen) atoms. The molecule has 1 atom stereocenters. The van der Waals surface area contributed by atoms with Gasteiger partial charge in [-0.1, -0.05) is 72.8 Å². The number of rotatable bonds is 14. The third kappa shape index (κ3) is 8.93. The van der Waals surface area contributed by atoms with Gasteiger partial charge in [-0.15, -0.1) is 12.4 Å². The highest BCUT2D eigenvalue weighted by atomic mass is 35.5. The fourth-order valence-electron chi connectivity index (χ4n) is 4.06. The van der Waals surface area contributed by atoms with Crippen LogP contribution in [0, 0.1) is 0 Å². The van der Waals surface area contributed by atoms with Crippen molar-refractivity contribution in [3.63, 3.8) is 0 Å². The minimum atomic E-state index is -0.692. The van der Waals surface area contributed by atoms with Crippen LogP contribution in [0.2, 0.25) is 0 Å². The van der Waals surface area contributed by atoms with Crippen LogP contribution in [0.25, 0.3) is 0 Å². The first-order chi connectivity index (χ1) is 18.7. The Morgan fingerprint density at radius 1 is 0.641 bits per heavy atom. The predicted molar refractivity (Wildman–Crippen MR) is 156 cm³/mol. The van der Waals surface area contributed by atoms with Crippen molar-refractivity contribution in [1.29, 1.82) is 0 Å². The summed E-state index contributed by atoms with van der Waals surface area (Å²) in [6.45, 7) is 1.96. The number of hydrogen-bond acceptors (Lipinski definition) is 6. The van der Waals surface area contributed by atoms with Gasteiger partial charge in [0, 0.05) is 6.54 Å². The molecule has 0 aliphatic heterocycles. The molecule has 2 N–H and O–H groups in total. The van der Waals surface area contributed by atoms with E-state index >= 15 is 0 Å². The number of hydrogen-bond donors (Lipinski definition) is 2. The maximum Gasteiger partial charge on any atom is 0.162 e. The van der Waals surface area contributed by atoms with Crippen molar-refractivity contribution in [1.82, 2.24) is 5.32 Å². The van der Waals surface area contributed by atoms with Crippen LogP contribution in [0.5, 0.6) is 23.0 Å². The second kappa shape index (κ2) is 15.6. The normalized spacial score (nSPS) is 11.3. The number of halogens is 1. The molecule has 4 aromatic carbocycles. The van der Waals surface area contributed by atoms with Gasteiger partial charge in [-0.2, -0.15) is 0 Å². The van der Waals surface area contributed by atoms with E-state index in [9.17, 15) is 5.11 Å². The van der Waals surface area contributed by atoms with Crippen molar-refractivity contribution in [2.45, 2.75) is 25.7 Å². The molecule has 0 amide bonds. The third-order valence-corrected chi connectivity index (χ3v) is 6.20. The summed E-state index contributed by atoms with van der Waals surface area (Å²) in [6.07, 6.45) is 0.104. The first kappa shape index (κ1) is 29.8. The van der Waals surface area contributed by atoms with Gasteiger partial charge in [0.15, 0.2) is 23.0 Å².